The summed E-state index contributed by atoms with van der Waals surface area (Å²) in [7, 11) is 0. The number of aryl methyl sites for hydroxylation is 1. The van der Waals surface area contributed by atoms with Crippen LogP contribution in [0.4, 0.5) is 5.82 Å². The molecule has 2 rings (SSSR count). The molecule has 0 atom stereocenters. The number of aromatic nitrogens is 2. The van der Waals surface area contributed by atoms with Gasteiger partial charge in [0.25, 0.3) is 0 Å². The van der Waals surface area contributed by atoms with E-state index in [2.05, 4.69) is 22.2 Å². The summed E-state index contributed by atoms with van der Waals surface area (Å²) in [6.45, 7) is 5.34. The van der Waals surface area contributed by atoms with Crippen LogP contribution in [0, 0.1) is 6.92 Å². The van der Waals surface area contributed by atoms with Gasteiger partial charge in [-0.2, -0.15) is 0 Å². The van der Waals surface area contributed by atoms with E-state index in [0.29, 0.717) is 17.4 Å². The Labute approximate surface area is 124 Å². The smallest absolute Gasteiger partial charge is 0.144 e. The number of hydrogen-bond acceptors (Lipinski definition) is 4. The second-order valence-electron chi connectivity index (χ2n) is 4.54. The zero-order valence-electron chi connectivity index (χ0n) is 11.7. The van der Waals surface area contributed by atoms with E-state index >= 15 is 0 Å². The molecular formula is C15H18ClN3O. The standard InChI is InChI=1S/C15H18ClN3O/c1-3-6-17-15-9-18-12(8-19-15)10-20-14-5-4-11(2)7-13(14)16/h4-5,7-9H,3,6,10H2,1-2H3,(H,17,19). The average Bonchev–Trinajstić information content (AvgIpc) is 2.45. The number of anilines is 1. The fourth-order valence-corrected chi connectivity index (χ4v) is 1.94. The summed E-state index contributed by atoms with van der Waals surface area (Å²) in [5.41, 5.74) is 1.87. The van der Waals surface area contributed by atoms with Crippen LogP contribution >= 0.6 is 11.6 Å². The van der Waals surface area contributed by atoms with Crippen molar-refractivity contribution < 1.29 is 4.74 Å². The van der Waals surface area contributed by atoms with Crippen LogP contribution in [-0.4, -0.2) is 16.5 Å². The Bertz CT molecular complexity index is 558. The summed E-state index contributed by atoms with van der Waals surface area (Å²) < 4.78 is 5.64. The molecule has 5 heteroatoms. The van der Waals surface area contributed by atoms with Gasteiger partial charge in [0.1, 0.15) is 18.2 Å². The van der Waals surface area contributed by atoms with Crippen LogP contribution in [0.2, 0.25) is 5.02 Å². The quantitative estimate of drug-likeness (QED) is 0.878. The first-order valence-electron chi connectivity index (χ1n) is 6.62. The van der Waals surface area contributed by atoms with Gasteiger partial charge in [0.15, 0.2) is 0 Å². The molecule has 0 fully saturated rings. The molecule has 4 nitrogen and oxygen atoms in total. The molecule has 0 bridgehead atoms. The lowest BCUT2D eigenvalue weighted by Gasteiger charge is -2.08. The fraction of sp³-hybridized carbons (Fsp3) is 0.333. The highest BCUT2D eigenvalue weighted by molar-refractivity contribution is 6.32. The first-order valence-corrected chi connectivity index (χ1v) is 7.00. The summed E-state index contributed by atoms with van der Waals surface area (Å²) in [6.07, 6.45) is 4.48. The Kier molecular flexibility index (Phi) is 5.18. The van der Waals surface area contributed by atoms with Crippen molar-refractivity contribution in [3.05, 3.63) is 46.9 Å². The Morgan fingerprint density at radius 3 is 2.75 bits per heavy atom. The van der Waals surface area contributed by atoms with Gasteiger partial charge in [0.05, 0.1) is 23.1 Å². The molecule has 1 heterocycles. The molecule has 2 aromatic rings. The van der Waals surface area contributed by atoms with Crippen LogP contribution in [0.1, 0.15) is 24.6 Å². The maximum atomic E-state index is 6.11. The zero-order chi connectivity index (χ0) is 14.4. The molecule has 1 N–H and O–H groups in total. The number of nitrogens with zero attached hydrogens (tertiary/aromatic N) is 2. The average molecular weight is 292 g/mol. The zero-order valence-corrected chi connectivity index (χ0v) is 12.4. The third-order valence-electron chi connectivity index (χ3n) is 2.72. The van der Waals surface area contributed by atoms with Gasteiger partial charge < -0.3 is 10.1 Å². The molecular weight excluding hydrogens is 274 g/mol. The molecule has 0 aliphatic rings. The van der Waals surface area contributed by atoms with E-state index in [1.807, 2.05) is 25.1 Å². The van der Waals surface area contributed by atoms with Gasteiger partial charge in [-0.3, -0.25) is 4.98 Å². The highest BCUT2D eigenvalue weighted by atomic mass is 35.5. The van der Waals surface area contributed by atoms with E-state index in [-0.39, 0.29) is 0 Å². The number of ether oxygens (including phenoxy) is 1. The number of benzene rings is 1. The number of nitrogens with one attached hydrogen (secondary N) is 1. The summed E-state index contributed by atoms with van der Waals surface area (Å²) in [6, 6.07) is 5.70. The van der Waals surface area contributed by atoms with Crippen molar-refractivity contribution in [2.45, 2.75) is 26.9 Å². The predicted octanol–water partition coefficient (Wildman–Crippen LogP) is 3.84. The molecule has 1 aromatic heterocycles. The molecule has 0 radical (unpaired) electrons. The molecule has 0 aliphatic carbocycles. The highest BCUT2D eigenvalue weighted by Crippen LogP contribution is 2.25. The highest BCUT2D eigenvalue weighted by Gasteiger charge is 2.03. The van der Waals surface area contributed by atoms with Gasteiger partial charge in [0, 0.05) is 6.54 Å². The second kappa shape index (κ2) is 7.10. The first kappa shape index (κ1) is 14.6. The lowest BCUT2D eigenvalue weighted by atomic mass is 10.2. The molecule has 0 saturated carbocycles. The first-order chi connectivity index (χ1) is 9.69. The minimum Gasteiger partial charge on any atom is -0.486 e. The van der Waals surface area contributed by atoms with E-state index in [0.717, 1.165) is 30.0 Å². The van der Waals surface area contributed by atoms with Crippen LogP contribution in [0.15, 0.2) is 30.6 Å². The summed E-state index contributed by atoms with van der Waals surface area (Å²) in [5.74, 6) is 1.44. The fourth-order valence-electron chi connectivity index (χ4n) is 1.65. The lowest BCUT2D eigenvalue weighted by Crippen LogP contribution is -2.04. The van der Waals surface area contributed by atoms with E-state index in [1.54, 1.807) is 12.4 Å². The number of hydrogen-bond donors (Lipinski definition) is 1. The van der Waals surface area contributed by atoms with Crippen LogP contribution in [0.3, 0.4) is 0 Å². The molecule has 0 aliphatic heterocycles. The monoisotopic (exact) mass is 291 g/mol. The van der Waals surface area contributed by atoms with Crippen molar-refractivity contribution >= 4 is 17.4 Å². The molecule has 0 spiro atoms. The minimum atomic E-state index is 0.351. The number of rotatable bonds is 6. The molecule has 0 amide bonds. The van der Waals surface area contributed by atoms with Gasteiger partial charge in [0.2, 0.25) is 0 Å². The van der Waals surface area contributed by atoms with Gasteiger partial charge in [-0.05, 0) is 31.0 Å². The van der Waals surface area contributed by atoms with Crippen molar-refractivity contribution in [1.82, 2.24) is 9.97 Å². The summed E-state index contributed by atoms with van der Waals surface area (Å²) >= 11 is 6.11. The maximum absolute atomic E-state index is 6.11. The third-order valence-corrected chi connectivity index (χ3v) is 3.02. The Balaban J connectivity index is 1.93. The Morgan fingerprint density at radius 1 is 1.25 bits per heavy atom. The molecule has 0 unspecified atom stereocenters. The number of halogens is 1. The van der Waals surface area contributed by atoms with Crippen molar-refractivity contribution in [1.29, 1.82) is 0 Å². The summed E-state index contributed by atoms with van der Waals surface area (Å²) in [4.78, 5) is 8.58. The van der Waals surface area contributed by atoms with E-state index < -0.39 is 0 Å². The molecule has 20 heavy (non-hydrogen) atoms. The molecule has 1 aromatic carbocycles. The van der Waals surface area contributed by atoms with Gasteiger partial charge >= 0.3 is 0 Å². The van der Waals surface area contributed by atoms with Gasteiger partial charge in [-0.25, -0.2) is 4.98 Å². The maximum Gasteiger partial charge on any atom is 0.144 e. The van der Waals surface area contributed by atoms with E-state index in [9.17, 15) is 0 Å². The van der Waals surface area contributed by atoms with Crippen molar-refractivity contribution in [3.63, 3.8) is 0 Å². The molecule has 106 valence electrons. The predicted molar refractivity (Wildman–Crippen MR) is 81.3 cm³/mol. The van der Waals surface area contributed by atoms with E-state index in [4.69, 9.17) is 16.3 Å². The van der Waals surface area contributed by atoms with E-state index in [1.165, 1.54) is 0 Å². The van der Waals surface area contributed by atoms with Crippen molar-refractivity contribution in [2.75, 3.05) is 11.9 Å². The van der Waals surface area contributed by atoms with Crippen LogP contribution in [0.25, 0.3) is 0 Å². The van der Waals surface area contributed by atoms with Crippen LogP contribution in [0.5, 0.6) is 5.75 Å². The van der Waals surface area contributed by atoms with Crippen molar-refractivity contribution in [3.8, 4) is 5.75 Å². The lowest BCUT2D eigenvalue weighted by molar-refractivity contribution is 0.301. The Morgan fingerprint density at radius 2 is 2.10 bits per heavy atom. The third kappa shape index (κ3) is 4.10. The van der Waals surface area contributed by atoms with Gasteiger partial charge in [-0.1, -0.05) is 24.6 Å². The largest absolute Gasteiger partial charge is 0.486 e. The Hall–Kier alpha value is -1.81. The molecule has 0 saturated heterocycles. The second-order valence-corrected chi connectivity index (χ2v) is 4.95. The van der Waals surface area contributed by atoms with Crippen molar-refractivity contribution in [2.24, 2.45) is 0 Å². The SMILES string of the molecule is CCCNc1cnc(COc2ccc(C)cc2Cl)cn1. The minimum absolute atomic E-state index is 0.351. The van der Waals surface area contributed by atoms with Crippen LogP contribution < -0.4 is 10.1 Å². The normalized spacial score (nSPS) is 10.3. The summed E-state index contributed by atoms with van der Waals surface area (Å²) in [5, 5.41) is 3.79. The van der Waals surface area contributed by atoms with Crippen LogP contribution in [-0.2, 0) is 6.61 Å². The topological polar surface area (TPSA) is 47.0 Å². The van der Waals surface area contributed by atoms with Gasteiger partial charge in [-0.15, -0.1) is 0 Å².